The summed E-state index contributed by atoms with van der Waals surface area (Å²) in [5.41, 5.74) is 6.62. The SMILES string of the molecule is O[C@H]1CC2(CCC2)Cc2cc(C3CCCC3)c(Cc3ccc(C(F)(F)F)cc3)c(-c3ccc(F)cc3)c21. The Bertz CT molecular complexity index is 1280. The number of halogens is 4. The maximum atomic E-state index is 13.9. The summed E-state index contributed by atoms with van der Waals surface area (Å²) in [6.45, 7) is 0. The predicted octanol–water partition coefficient (Wildman–Crippen LogP) is 8.91. The molecule has 3 aliphatic carbocycles. The molecule has 1 atom stereocenters. The summed E-state index contributed by atoms with van der Waals surface area (Å²) in [5.74, 6) is 0.0770. The van der Waals surface area contributed by atoms with Crippen molar-refractivity contribution < 1.29 is 22.7 Å². The van der Waals surface area contributed by atoms with Gasteiger partial charge in [-0.2, -0.15) is 13.2 Å². The maximum Gasteiger partial charge on any atom is 0.416 e. The number of hydrogen-bond donors (Lipinski definition) is 1. The van der Waals surface area contributed by atoms with Gasteiger partial charge < -0.3 is 5.11 Å². The number of alkyl halides is 3. The molecule has 3 aromatic carbocycles. The molecule has 0 amide bonds. The van der Waals surface area contributed by atoms with Gasteiger partial charge in [-0.05, 0) is 119 Å². The van der Waals surface area contributed by atoms with Gasteiger partial charge in [-0.1, -0.05) is 49.6 Å². The van der Waals surface area contributed by atoms with Crippen molar-refractivity contribution >= 4 is 0 Å². The van der Waals surface area contributed by atoms with Gasteiger partial charge in [-0.25, -0.2) is 4.39 Å². The van der Waals surface area contributed by atoms with Crippen molar-refractivity contribution in [2.45, 2.75) is 82.4 Å². The van der Waals surface area contributed by atoms with E-state index >= 15 is 0 Å². The number of fused-ring (bicyclic) bond motifs is 1. The molecule has 1 spiro atoms. The topological polar surface area (TPSA) is 20.2 Å². The van der Waals surface area contributed by atoms with E-state index in [1.54, 1.807) is 24.3 Å². The number of aliphatic hydroxyl groups is 1. The highest BCUT2D eigenvalue weighted by Crippen LogP contribution is 2.56. The minimum absolute atomic E-state index is 0.175. The van der Waals surface area contributed by atoms with Crippen LogP contribution in [-0.4, -0.2) is 5.11 Å². The number of aliphatic hydroxyl groups excluding tert-OH is 1. The molecule has 3 aliphatic rings. The smallest absolute Gasteiger partial charge is 0.388 e. The van der Waals surface area contributed by atoms with Crippen molar-refractivity contribution in [3.63, 3.8) is 0 Å². The zero-order chi connectivity index (χ0) is 25.8. The Labute approximate surface area is 215 Å². The van der Waals surface area contributed by atoms with Crippen LogP contribution in [0, 0.1) is 11.2 Å². The van der Waals surface area contributed by atoms with E-state index in [-0.39, 0.29) is 11.2 Å². The van der Waals surface area contributed by atoms with Crippen molar-refractivity contribution in [3.8, 4) is 11.1 Å². The third-order valence-electron chi connectivity index (χ3n) is 9.12. The molecule has 0 aliphatic heterocycles. The fraction of sp³-hybridized carbons (Fsp3) is 0.438. The van der Waals surface area contributed by atoms with E-state index in [1.807, 2.05) is 0 Å². The fourth-order valence-corrected chi connectivity index (χ4v) is 7.15. The fourth-order valence-electron chi connectivity index (χ4n) is 7.15. The summed E-state index contributed by atoms with van der Waals surface area (Å²) in [5, 5.41) is 11.5. The second-order valence-electron chi connectivity index (χ2n) is 11.5. The first-order valence-corrected chi connectivity index (χ1v) is 13.5. The van der Waals surface area contributed by atoms with Crippen LogP contribution in [-0.2, 0) is 19.0 Å². The van der Waals surface area contributed by atoms with Crippen LogP contribution in [0.4, 0.5) is 17.6 Å². The molecule has 1 nitrogen and oxygen atoms in total. The van der Waals surface area contributed by atoms with Crippen LogP contribution in [0.5, 0.6) is 0 Å². The number of rotatable bonds is 4. The van der Waals surface area contributed by atoms with E-state index in [1.165, 1.54) is 42.5 Å². The average Bonchev–Trinajstić information content (AvgIpc) is 3.38. The van der Waals surface area contributed by atoms with E-state index in [0.717, 1.165) is 78.5 Å². The zero-order valence-corrected chi connectivity index (χ0v) is 20.9. The lowest BCUT2D eigenvalue weighted by atomic mass is 9.58. The quantitative estimate of drug-likeness (QED) is 0.349. The van der Waals surface area contributed by atoms with Crippen molar-refractivity contribution in [3.05, 3.63) is 93.8 Å². The Balaban J connectivity index is 1.54. The summed E-state index contributed by atoms with van der Waals surface area (Å²) in [6, 6.07) is 14.2. The molecule has 1 N–H and O–H groups in total. The molecule has 0 saturated heterocycles. The monoisotopic (exact) mass is 508 g/mol. The second-order valence-corrected chi connectivity index (χ2v) is 11.5. The summed E-state index contributed by atoms with van der Waals surface area (Å²) in [7, 11) is 0. The van der Waals surface area contributed by atoms with Crippen molar-refractivity contribution in [2.24, 2.45) is 5.41 Å². The third kappa shape index (κ3) is 4.60. The summed E-state index contributed by atoms with van der Waals surface area (Å²) in [4.78, 5) is 0. The highest BCUT2D eigenvalue weighted by Gasteiger charge is 2.44. The van der Waals surface area contributed by atoms with Crippen molar-refractivity contribution in [1.82, 2.24) is 0 Å². The molecule has 0 bridgehead atoms. The maximum absolute atomic E-state index is 13.9. The molecule has 6 rings (SSSR count). The highest BCUT2D eigenvalue weighted by atomic mass is 19.4. The third-order valence-corrected chi connectivity index (χ3v) is 9.12. The van der Waals surface area contributed by atoms with Gasteiger partial charge in [0.2, 0.25) is 0 Å². The van der Waals surface area contributed by atoms with Gasteiger partial charge in [0, 0.05) is 0 Å². The molecule has 0 radical (unpaired) electrons. The highest BCUT2D eigenvalue weighted by molar-refractivity contribution is 5.76. The zero-order valence-electron chi connectivity index (χ0n) is 20.9. The minimum Gasteiger partial charge on any atom is -0.388 e. The molecule has 0 unspecified atom stereocenters. The van der Waals surface area contributed by atoms with Crippen LogP contribution < -0.4 is 0 Å². The average molecular weight is 509 g/mol. The van der Waals surface area contributed by atoms with Crippen molar-refractivity contribution in [1.29, 1.82) is 0 Å². The Morgan fingerprint density at radius 2 is 1.57 bits per heavy atom. The van der Waals surface area contributed by atoms with Crippen LogP contribution in [0.15, 0.2) is 54.6 Å². The Morgan fingerprint density at radius 3 is 2.16 bits per heavy atom. The molecule has 194 valence electrons. The molecule has 5 heteroatoms. The summed E-state index contributed by atoms with van der Waals surface area (Å²) >= 11 is 0. The first-order chi connectivity index (χ1) is 17.7. The Hall–Kier alpha value is -2.66. The van der Waals surface area contributed by atoms with Crippen LogP contribution in [0.3, 0.4) is 0 Å². The molecule has 3 aromatic rings. The van der Waals surface area contributed by atoms with Gasteiger partial charge in [0.15, 0.2) is 0 Å². The normalized spacial score (nSPS) is 21.2. The van der Waals surface area contributed by atoms with Crippen molar-refractivity contribution in [2.75, 3.05) is 0 Å². The van der Waals surface area contributed by atoms with Crippen LogP contribution in [0.25, 0.3) is 11.1 Å². The lowest BCUT2D eigenvalue weighted by molar-refractivity contribution is -0.137. The molecule has 2 saturated carbocycles. The van der Waals surface area contributed by atoms with E-state index in [0.29, 0.717) is 12.3 Å². The second kappa shape index (κ2) is 9.27. The van der Waals surface area contributed by atoms with Gasteiger partial charge in [0.1, 0.15) is 5.82 Å². The first-order valence-electron chi connectivity index (χ1n) is 13.5. The minimum atomic E-state index is -4.37. The van der Waals surface area contributed by atoms with Crippen LogP contribution in [0.2, 0.25) is 0 Å². The lowest BCUT2D eigenvalue weighted by Gasteiger charge is -2.48. The Morgan fingerprint density at radius 1 is 0.892 bits per heavy atom. The standard InChI is InChI=1S/C32H32F4O/c33-25-12-8-22(9-13-25)29-27(16-20-6-10-24(11-7-20)32(34,35)36)26(21-4-1-2-5-21)17-23-18-31(14-3-15-31)19-28(37)30(23)29/h6-13,17,21,28,37H,1-5,14-16,18-19H2/t28-/m0/s1. The molecule has 2 fully saturated rings. The summed E-state index contributed by atoms with van der Waals surface area (Å²) in [6.07, 6.45) is 5.18. The molecule has 0 aromatic heterocycles. The molecular weight excluding hydrogens is 476 g/mol. The van der Waals surface area contributed by atoms with Gasteiger partial charge in [-0.15, -0.1) is 0 Å². The van der Waals surface area contributed by atoms with E-state index in [4.69, 9.17) is 0 Å². The first kappa shape index (κ1) is 24.7. The lowest BCUT2D eigenvalue weighted by Crippen LogP contribution is -2.37. The predicted molar refractivity (Wildman–Crippen MR) is 137 cm³/mol. The van der Waals surface area contributed by atoms with Gasteiger partial charge in [0.25, 0.3) is 0 Å². The largest absolute Gasteiger partial charge is 0.416 e. The number of hydrogen-bond acceptors (Lipinski definition) is 1. The number of benzene rings is 3. The van der Waals surface area contributed by atoms with Gasteiger partial charge in [-0.3, -0.25) is 0 Å². The molecule has 37 heavy (non-hydrogen) atoms. The van der Waals surface area contributed by atoms with E-state index < -0.39 is 17.8 Å². The summed E-state index contributed by atoms with van der Waals surface area (Å²) < 4.78 is 53.5. The van der Waals surface area contributed by atoms with Crippen LogP contribution >= 0.6 is 0 Å². The van der Waals surface area contributed by atoms with E-state index in [9.17, 15) is 22.7 Å². The van der Waals surface area contributed by atoms with Crippen LogP contribution in [0.1, 0.15) is 96.8 Å². The van der Waals surface area contributed by atoms with Gasteiger partial charge in [0.05, 0.1) is 11.7 Å². The van der Waals surface area contributed by atoms with E-state index in [2.05, 4.69) is 6.07 Å². The molecule has 0 heterocycles. The molecular formula is C32H32F4O. The Kier molecular flexibility index (Phi) is 6.18. The van der Waals surface area contributed by atoms with Gasteiger partial charge >= 0.3 is 6.18 Å².